The molecule has 1 unspecified atom stereocenters. The van der Waals surface area contributed by atoms with Gasteiger partial charge in [0.25, 0.3) is 0 Å². The Bertz CT molecular complexity index is 353. The first-order valence-electron chi connectivity index (χ1n) is 6.34. The van der Waals surface area contributed by atoms with Gasteiger partial charge in [0, 0.05) is 37.8 Å². The number of methoxy groups -OCH3 is 1. The summed E-state index contributed by atoms with van der Waals surface area (Å²) in [7, 11) is 1.77. The highest BCUT2D eigenvalue weighted by Gasteiger charge is 2.23. The van der Waals surface area contributed by atoms with E-state index in [0.717, 1.165) is 39.2 Å². The van der Waals surface area contributed by atoms with Gasteiger partial charge in [-0.25, -0.2) is 0 Å². The average Bonchev–Trinajstić information content (AvgIpc) is 2.81. The largest absolute Gasteiger partial charge is 0.383 e. The molecule has 0 amide bonds. The number of ether oxygens (including phenoxy) is 2. The quantitative estimate of drug-likeness (QED) is 0.867. The Morgan fingerprint density at radius 1 is 1.50 bits per heavy atom. The first-order valence-corrected chi connectivity index (χ1v) is 7.95. The van der Waals surface area contributed by atoms with E-state index in [1.165, 1.54) is 8.66 Å². The number of hydrogen-bond donors (Lipinski definition) is 1. The maximum Gasteiger partial charge on any atom is 0.0701 e. The predicted octanol–water partition coefficient (Wildman–Crippen LogP) is 3.04. The Labute approximate surface area is 121 Å². The standard InChI is InChI=1S/C13H20BrNO2S/c1-16-9-12(10-4-6-17-7-5-10)15-8-11-2-3-13(14)18-11/h2-3,10,12,15H,4-9H2,1H3. The van der Waals surface area contributed by atoms with Gasteiger partial charge >= 0.3 is 0 Å². The van der Waals surface area contributed by atoms with E-state index in [9.17, 15) is 0 Å². The molecule has 1 fully saturated rings. The van der Waals surface area contributed by atoms with Gasteiger partial charge in [-0.2, -0.15) is 0 Å². The molecule has 1 aromatic heterocycles. The van der Waals surface area contributed by atoms with Gasteiger partial charge in [-0.3, -0.25) is 0 Å². The third kappa shape index (κ3) is 4.31. The van der Waals surface area contributed by atoms with Crippen molar-refractivity contribution in [3.05, 3.63) is 20.8 Å². The van der Waals surface area contributed by atoms with Crippen LogP contribution in [0.2, 0.25) is 0 Å². The van der Waals surface area contributed by atoms with Crippen LogP contribution in [-0.4, -0.2) is 33.0 Å². The van der Waals surface area contributed by atoms with Crippen LogP contribution >= 0.6 is 27.3 Å². The van der Waals surface area contributed by atoms with Crippen LogP contribution in [0.3, 0.4) is 0 Å². The van der Waals surface area contributed by atoms with Crippen LogP contribution in [0, 0.1) is 5.92 Å². The number of hydrogen-bond acceptors (Lipinski definition) is 4. The summed E-state index contributed by atoms with van der Waals surface area (Å²) in [6.45, 7) is 3.47. The third-order valence-electron chi connectivity index (χ3n) is 3.35. The van der Waals surface area contributed by atoms with Crippen molar-refractivity contribution in [1.29, 1.82) is 0 Å². The lowest BCUT2D eigenvalue weighted by Gasteiger charge is -2.30. The molecule has 0 saturated carbocycles. The second kappa shape index (κ2) is 7.60. The van der Waals surface area contributed by atoms with Gasteiger partial charge in [0.1, 0.15) is 0 Å². The van der Waals surface area contributed by atoms with Crippen molar-refractivity contribution >= 4 is 27.3 Å². The van der Waals surface area contributed by atoms with Crippen LogP contribution in [0.5, 0.6) is 0 Å². The van der Waals surface area contributed by atoms with E-state index in [0.29, 0.717) is 12.0 Å². The van der Waals surface area contributed by atoms with Crippen LogP contribution in [0.15, 0.2) is 15.9 Å². The highest BCUT2D eigenvalue weighted by Crippen LogP contribution is 2.23. The molecule has 1 saturated heterocycles. The number of nitrogens with one attached hydrogen (secondary N) is 1. The molecular weight excluding hydrogens is 314 g/mol. The van der Waals surface area contributed by atoms with Crippen molar-refractivity contribution in [3.8, 4) is 0 Å². The molecule has 2 heterocycles. The Hall–Kier alpha value is 0.0600. The molecule has 3 nitrogen and oxygen atoms in total. The lowest BCUT2D eigenvalue weighted by molar-refractivity contribution is 0.0373. The van der Waals surface area contributed by atoms with Gasteiger partial charge in [0.15, 0.2) is 0 Å². The molecular formula is C13H20BrNO2S. The zero-order valence-corrected chi connectivity index (χ0v) is 13.1. The first kappa shape index (κ1) is 14.5. The van der Waals surface area contributed by atoms with Gasteiger partial charge in [-0.1, -0.05) is 0 Å². The molecule has 0 radical (unpaired) electrons. The van der Waals surface area contributed by atoms with Crippen LogP contribution in [0.25, 0.3) is 0 Å². The van der Waals surface area contributed by atoms with Crippen LogP contribution in [0.1, 0.15) is 17.7 Å². The maximum atomic E-state index is 5.42. The van der Waals surface area contributed by atoms with Crippen LogP contribution in [0.4, 0.5) is 0 Å². The molecule has 0 aliphatic carbocycles. The zero-order valence-electron chi connectivity index (χ0n) is 10.7. The predicted molar refractivity (Wildman–Crippen MR) is 78.1 cm³/mol. The topological polar surface area (TPSA) is 30.5 Å². The first-order chi connectivity index (χ1) is 8.79. The maximum absolute atomic E-state index is 5.42. The van der Waals surface area contributed by atoms with Crippen molar-refractivity contribution in [2.24, 2.45) is 5.92 Å². The number of rotatable bonds is 6. The Morgan fingerprint density at radius 3 is 2.89 bits per heavy atom. The van der Waals surface area contributed by atoms with E-state index in [2.05, 4.69) is 33.4 Å². The van der Waals surface area contributed by atoms with Crippen molar-refractivity contribution in [3.63, 3.8) is 0 Å². The Morgan fingerprint density at radius 2 is 2.28 bits per heavy atom. The molecule has 1 aliphatic heterocycles. The van der Waals surface area contributed by atoms with Crippen LogP contribution in [-0.2, 0) is 16.0 Å². The van der Waals surface area contributed by atoms with E-state index in [1.807, 2.05) is 0 Å². The average molecular weight is 334 g/mol. The number of thiophene rings is 1. The highest BCUT2D eigenvalue weighted by atomic mass is 79.9. The number of halogens is 1. The fourth-order valence-electron chi connectivity index (χ4n) is 2.34. The zero-order chi connectivity index (χ0) is 12.8. The summed E-state index contributed by atoms with van der Waals surface area (Å²) in [6, 6.07) is 4.69. The Balaban J connectivity index is 1.85. The fraction of sp³-hybridized carbons (Fsp3) is 0.692. The van der Waals surface area contributed by atoms with E-state index in [4.69, 9.17) is 9.47 Å². The van der Waals surface area contributed by atoms with Gasteiger partial charge < -0.3 is 14.8 Å². The lowest BCUT2D eigenvalue weighted by Crippen LogP contribution is -2.41. The molecule has 0 bridgehead atoms. The summed E-state index contributed by atoms with van der Waals surface area (Å²) in [6.07, 6.45) is 2.27. The van der Waals surface area contributed by atoms with Crippen molar-refractivity contribution in [2.75, 3.05) is 26.9 Å². The second-order valence-corrected chi connectivity index (χ2v) is 7.15. The molecule has 0 spiro atoms. The minimum Gasteiger partial charge on any atom is -0.383 e. The van der Waals surface area contributed by atoms with E-state index in [-0.39, 0.29) is 0 Å². The van der Waals surface area contributed by atoms with Crippen molar-refractivity contribution in [2.45, 2.75) is 25.4 Å². The molecule has 0 aromatic carbocycles. The van der Waals surface area contributed by atoms with Gasteiger partial charge in [0.2, 0.25) is 0 Å². The Kier molecular flexibility index (Phi) is 6.11. The second-order valence-electron chi connectivity index (χ2n) is 4.60. The van der Waals surface area contributed by atoms with Gasteiger partial charge in [0.05, 0.1) is 10.4 Å². The smallest absolute Gasteiger partial charge is 0.0701 e. The molecule has 5 heteroatoms. The van der Waals surface area contributed by atoms with E-state index >= 15 is 0 Å². The molecule has 1 aliphatic rings. The van der Waals surface area contributed by atoms with Crippen molar-refractivity contribution < 1.29 is 9.47 Å². The third-order valence-corrected chi connectivity index (χ3v) is 4.97. The minimum absolute atomic E-state index is 0.430. The van der Waals surface area contributed by atoms with Crippen molar-refractivity contribution in [1.82, 2.24) is 5.32 Å². The van der Waals surface area contributed by atoms with Gasteiger partial charge in [-0.15, -0.1) is 11.3 Å². The fourth-order valence-corrected chi connectivity index (χ4v) is 3.77. The molecule has 102 valence electrons. The molecule has 2 rings (SSSR count). The lowest BCUT2D eigenvalue weighted by atomic mass is 9.92. The summed E-state index contributed by atoms with van der Waals surface area (Å²) < 4.78 is 12.0. The normalized spacial score (nSPS) is 19.0. The summed E-state index contributed by atoms with van der Waals surface area (Å²) in [5.41, 5.74) is 0. The van der Waals surface area contributed by atoms with E-state index < -0.39 is 0 Å². The monoisotopic (exact) mass is 333 g/mol. The molecule has 18 heavy (non-hydrogen) atoms. The minimum atomic E-state index is 0.430. The highest BCUT2D eigenvalue weighted by molar-refractivity contribution is 9.11. The summed E-state index contributed by atoms with van der Waals surface area (Å²) in [5, 5.41) is 3.63. The van der Waals surface area contributed by atoms with Gasteiger partial charge in [-0.05, 0) is 46.8 Å². The SMILES string of the molecule is COCC(NCc1ccc(Br)s1)C1CCOCC1. The van der Waals surface area contributed by atoms with Crippen LogP contribution < -0.4 is 5.32 Å². The summed E-state index contributed by atoms with van der Waals surface area (Å²) in [5.74, 6) is 0.669. The summed E-state index contributed by atoms with van der Waals surface area (Å²) >= 11 is 5.28. The molecule has 1 N–H and O–H groups in total. The van der Waals surface area contributed by atoms with E-state index in [1.54, 1.807) is 18.4 Å². The molecule has 1 aromatic rings. The summed E-state index contributed by atoms with van der Waals surface area (Å²) in [4.78, 5) is 1.36. The molecule has 1 atom stereocenters.